The molecule has 6 fully saturated rings. The molecule has 0 aromatic rings. The van der Waals surface area contributed by atoms with Crippen LogP contribution in [0.4, 0.5) is 0 Å². The quantitative estimate of drug-likeness (QED) is 0.0768. The van der Waals surface area contributed by atoms with E-state index >= 15 is 0 Å². The summed E-state index contributed by atoms with van der Waals surface area (Å²) in [5.74, 6) is -1.14. The zero-order chi connectivity index (χ0) is 56.5. The Labute approximate surface area is 429 Å². The third-order valence-electron chi connectivity index (χ3n) is 13.5. The maximum Gasteiger partial charge on any atom is 0.217 e. The normalized spacial score (nSPS) is 48.3. The van der Waals surface area contributed by atoms with Crippen LogP contribution in [-0.2, 0) is 52.2 Å². The number of carbonyl (C=O) groups is 2. The zero-order valence-corrected chi connectivity index (χ0v) is 41.6. The van der Waals surface area contributed by atoms with Crippen molar-refractivity contribution in [3.63, 3.8) is 0 Å². The number of ether oxygens (including phenoxy) is 9. The van der Waals surface area contributed by atoms with Crippen LogP contribution < -0.4 is 10.6 Å². The Kier molecular flexibility index (Phi) is 25.6. The molecule has 0 bridgehead atoms. The molecule has 0 saturated carbocycles. The molecule has 0 radical (unpaired) electrons. The van der Waals surface area contributed by atoms with Crippen molar-refractivity contribution in [3.05, 3.63) is 0 Å². The third-order valence-corrected chi connectivity index (χ3v) is 13.5. The van der Waals surface area contributed by atoms with Crippen molar-refractivity contribution in [2.24, 2.45) is 0 Å². The van der Waals surface area contributed by atoms with Gasteiger partial charge >= 0.3 is 0 Å². The number of aliphatic hydroxyl groups excluding tert-OH is 19. The zero-order valence-electron chi connectivity index (χ0n) is 41.6. The summed E-state index contributed by atoms with van der Waals surface area (Å²) in [4.78, 5) is 23.3. The van der Waals surface area contributed by atoms with E-state index < -0.39 is 228 Å². The molecule has 6 rings (SSSR count). The lowest BCUT2D eigenvalue weighted by molar-refractivity contribution is -0.359. The van der Waals surface area contributed by atoms with Gasteiger partial charge in [0.1, 0.15) is 146 Å². The second-order valence-corrected chi connectivity index (χ2v) is 19.0. The summed E-state index contributed by atoms with van der Waals surface area (Å²) in [5.41, 5.74) is 0. The summed E-state index contributed by atoms with van der Waals surface area (Å²) in [7, 11) is 0. The Morgan fingerprint density at radius 3 is 1.01 bits per heavy atom. The average Bonchev–Trinajstić information content (AvgIpc) is 3.37. The first-order valence-electron chi connectivity index (χ1n) is 24.2. The van der Waals surface area contributed by atoms with Gasteiger partial charge in [-0.15, -0.1) is 0 Å². The van der Waals surface area contributed by atoms with Crippen LogP contribution in [0, 0.1) is 0 Å². The highest BCUT2D eigenvalue weighted by Crippen LogP contribution is 2.34. The fourth-order valence-corrected chi connectivity index (χ4v) is 9.19. The average molecular weight is 1100 g/mol. The van der Waals surface area contributed by atoms with Crippen LogP contribution in [0.5, 0.6) is 0 Å². The number of carbonyl (C=O) groups excluding carboxylic acids is 2. The molecule has 6 aliphatic heterocycles. The Morgan fingerprint density at radius 2 is 0.627 bits per heavy atom. The predicted molar refractivity (Wildman–Crippen MR) is 239 cm³/mol. The molecule has 32 nitrogen and oxygen atoms in total. The van der Waals surface area contributed by atoms with Crippen molar-refractivity contribution in [3.8, 4) is 0 Å². The molecule has 75 heavy (non-hydrogen) atoms. The van der Waals surface area contributed by atoms with E-state index in [4.69, 9.17) is 47.7 Å². The van der Waals surface area contributed by atoms with E-state index in [9.17, 15) is 102 Å². The van der Waals surface area contributed by atoms with Gasteiger partial charge in [0.05, 0.1) is 58.0 Å². The molecule has 0 aliphatic carbocycles. The number of rotatable bonds is 14. The summed E-state index contributed by atoms with van der Waals surface area (Å²) in [6, 6.07) is -2.56. The molecular weight excluding hydrogens is 1020 g/mol. The summed E-state index contributed by atoms with van der Waals surface area (Å²) in [6.07, 6.45) is -36.6. The van der Waals surface area contributed by atoms with Crippen molar-refractivity contribution >= 4 is 11.8 Å². The lowest BCUT2D eigenvalue weighted by Crippen LogP contribution is -2.69. The molecule has 440 valence electrons. The van der Waals surface area contributed by atoms with Crippen molar-refractivity contribution in [1.82, 2.24) is 10.6 Å². The largest absolute Gasteiger partial charge is 0.394 e. The van der Waals surface area contributed by atoms with Crippen molar-refractivity contribution < 1.29 is 149 Å². The van der Waals surface area contributed by atoms with Crippen LogP contribution >= 0.6 is 0 Å². The van der Waals surface area contributed by atoms with E-state index in [0.29, 0.717) is 0 Å². The highest BCUT2D eigenvalue weighted by Gasteiger charge is 2.54. The van der Waals surface area contributed by atoms with Crippen LogP contribution in [0.3, 0.4) is 0 Å². The molecule has 21 N–H and O–H groups in total. The molecule has 0 spiro atoms. The Hall–Kier alpha value is -2.18. The van der Waals surface area contributed by atoms with Crippen LogP contribution in [0.2, 0.25) is 0 Å². The van der Waals surface area contributed by atoms with Gasteiger partial charge in [0.25, 0.3) is 0 Å². The summed E-state index contributed by atoms with van der Waals surface area (Å²) >= 11 is 0. The van der Waals surface area contributed by atoms with Crippen molar-refractivity contribution in [2.45, 2.75) is 218 Å². The molecule has 6 saturated heterocycles. The van der Waals surface area contributed by atoms with Gasteiger partial charge in [0, 0.05) is 13.8 Å². The number of hydrogen-bond donors (Lipinski definition) is 21. The Bertz CT molecular complexity index is 1710. The van der Waals surface area contributed by atoms with Gasteiger partial charge in [-0.3, -0.25) is 9.59 Å². The highest BCUT2D eigenvalue weighted by molar-refractivity contribution is 5.73. The van der Waals surface area contributed by atoms with Crippen molar-refractivity contribution in [1.29, 1.82) is 0 Å². The SMILES string of the molecule is CC(=O)NC1C(OC2C(C)OC(CO)C(O)C2O)OC(CO)C(O)C1O.CC(=O)NC1C(OC2C(C)OC(CO)C(O)C2O)OC(CO)C(OC2OC(CO)C(O)C(O)C2O)C1O.CC1OC(CO)C(O)C(O)C1O. The molecule has 30 unspecified atom stereocenters. The third kappa shape index (κ3) is 15.6. The van der Waals surface area contributed by atoms with Gasteiger partial charge in [-0.1, -0.05) is 0 Å². The monoisotopic (exact) mass is 1100 g/mol. The van der Waals surface area contributed by atoms with Crippen molar-refractivity contribution in [2.75, 3.05) is 39.6 Å². The molecule has 6 heterocycles. The first-order chi connectivity index (χ1) is 35.2. The fourth-order valence-electron chi connectivity index (χ4n) is 9.19. The van der Waals surface area contributed by atoms with E-state index in [-0.39, 0.29) is 6.61 Å². The maximum absolute atomic E-state index is 11.9. The predicted octanol–water partition coefficient (Wildman–Crippen LogP) is -12.7. The van der Waals surface area contributed by atoms with E-state index in [1.54, 1.807) is 13.8 Å². The number of hydrogen-bond acceptors (Lipinski definition) is 30. The number of amides is 2. The molecule has 6 aliphatic rings. The lowest BCUT2D eigenvalue weighted by atomic mass is 9.93. The van der Waals surface area contributed by atoms with E-state index in [1.165, 1.54) is 13.8 Å². The highest BCUT2D eigenvalue weighted by atomic mass is 16.7. The minimum absolute atomic E-state index is 0.366. The standard InChI is InChI=1S/C21H37NO15.C15H27NO10.C7H14O5/c1-6-18(16(31)13(28)8(3-23)33-6)36-20-11(22-7(2)26)14(29)19(10(5-25)35-20)37-21-17(32)15(30)12(27)9(4-24)34-21;1-5-14(13(23)11(21)7(3-17)24-5)26-15-9(16-6(2)19)12(22)10(20)8(4-18)25-15;1-3-5(9)7(11)6(10)4(2-8)12-3/h6,8-21,23-25,27-32H,3-5H2,1-2H3,(H,22,26);5,7-15,17-18,20-23H,3-4H2,1-2H3,(H,16,19);3-11H,2H2,1H3. The first kappa shape index (κ1) is 65.3. The van der Waals surface area contributed by atoms with Crippen LogP contribution in [-0.4, -0.2) is 332 Å². The fraction of sp³-hybridized carbons (Fsp3) is 0.953. The first-order valence-corrected chi connectivity index (χ1v) is 24.2. The second kappa shape index (κ2) is 29.3. The lowest BCUT2D eigenvalue weighted by Gasteiger charge is -2.49. The second-order valence-electron chi connectivity index (χ2n) is 19.0. The van der Waals surface area contributed by atoms with Gasteiger partial charge in [-0.25, -0.2) is 0 Å². The molecule has 32 heteroatoms. The minimum atomic E-state index is -1.81. The van der Waals surface area contributed by atoms with Crippen LogP contribution in [0.15, 0.2) is 0 Å². The minimum Gasteiger partial charge on any atom is -0.394 e. The van der Waals surface area contributed by atoms with Gasteiger partial charge in [0.2, 0.25) is 11.8 Å². The smallest absolute Gasteiger partial charge is 0.217 e. The topological polar surface area (TPSA) is 526 Å². The Morgan fingerprint density at radius 1 is 0.333 bits per heavy atom. The Balaban J connectivity index is 0.000000276. The van der Waals surface area contributed by atoms with Gasteiger partial charge < -0.3 is 150 Å². The van der Waals surface area contributed by atoms with E-state index in [1.807, 2.05) is 0 Å². The van der Waals surface area contributed by atoms with Gasteiger partial charge in [-0.2, -0.15) is 0 Å². The van der Waals surface area contributed by atoms with E-state index in [2.05, 4.69) is 10.6 Å². The molecule has 30 atom stereocenters. The number of aliphatic hydroxyl groups is 19. The molecule has 2 amide bonds. The van der Waals surface area contributed by atoms with Gasteiger partial charge in [-0.05, 0) is 20.8 Å². The summed E-state index contributed by atoms with van der Waals surface area (Å²) in [5, 5.41) is 191. The molecule has 0 aromatic carbocycles. The van der Waals surface area contributed by atoms with Crippen LogP contribution in [0.25, 0.3) is 0 Å². The summed E-state index contributed by atoms with van der Waals surface area (Å²) < 4.78 is 49.4. The summed E-state index contributed by atoms with van der Waals surface area (Å²) in [6.45, 7) is 3.44. The van der Waals surface area contributed by atoms with E-state index in [0.717, 1.165) is 6.92 Å². The molecular formula is C43H78N2O30. The van der Waals surface area contributed by atoms with Crippen LogP contribution in [0.1, 0.15) is 34.6 Å². The molecule has 0 aromatic heterocycles. The number of nitrogens with one attached hydrogen (secondary N) is 2. The van der Waals surface area contributed by atoms with Gasteiger partial charge in [0.15, 0.2) is 18.9 Å². The maximum atomic E-state index is 11.9.